The predicted octanol–water partition coefficient (Wildman–Crippen LogP) is 5.08. The van der Waals surface area contributed by atoms with Crippen LogP contribution in [0.1, 0.15) is 35.3 Å². The number of carbonyl (C=O) groups is 1. The van der Waals surface area contributed by atoms with Crippen molar-refractivity contribution >= 4 is 29.0 Å². The second-order valence-electron chi connectivity index (χ2n) is 7.49. The van der Waals surface area contributed by atoms with Crippen LogP contribution < -0.4 is 15.6 Å². The maximum absolute atomic E-state index is 14.3. The Morgan fingerprint density at radius 2 is 1.88 bits per heavy atom. The maximum Gasteiger partial charge on any atom is 0.266 e. The monoisotopic (exact) mass is 463 g/mol. The number of rotatable bonds is 6. The second kappa shape index (κ2) is 9.38. The van der Waals surface area contributed by atoms with Crippen LogP contribution in [-0.2, 0) is 0 Å². The Morgan fingerprint density at radius 3 is 2.55 bits per heavy atom. The Labute approximate surface area is 194 Å². The lowest BCUT2D eigenvalue weighted by atomic mass is 10.0. The third-order valence-corrected chi connectivity index (χ3v) is 5.77. The number of fused-ring (bicyclic) bond motifs is 1. The highest BCUT2D eigenvalue weighted by Gasteiger charge is 2.16. The maximum atomic E-state index is 14.3. The molecule has 2 N–H and O–H groups in total. The highest BCUT2D eigenvalue weighted by atomic mass is 32.1. The average Bonchev–Trinajstić information content (AvgIpc) is 2.83. The molecule has 0 saturated carbocycles. The van der Waals surface area contributed by atoms with E-state index in [1.165, 1.54) is 18.2 Å². The first kappa shape index (κ1) is 22.4. The van der Waals surface area contributed by atoms with Gasteiger partial charge in [-0.25, -0.2) is 8.96 Å². The Balaban J connectivity index is 1.67. The summed E-state index contributed by atoms with van der Waals surface area (Å²) in [5.74, 6) is -0.0958. The summed E-state index contributed by atoms with van der Waals surface area (Å²) in [4.78, 5) is 28.9. The molecule has 0 fully saturated rings. The van der Waals surface area contributed by atoms with E-state index in [4.69, 9.17) is 17.0 Å². The van der Waals surface area contributed by atoms with Gasteiger partial charge in [-0.1, -0.05) is 31.2 Å². The van der Waals surface area contributed by atoms with E-state index in [2.05, 4.69) is 10.3 Å². The van der Waals surface area contributed by atoms with Gasteiger partial charge in [0.2, 0.25) is 0 Å². The Kier molecular flexibility index (Phi) is 6.37. The molecule has 0 spiro atoms. The van der Waals surface area contributed by atoms with Gasteiger partial charge in [0.05, 0.1) is 29.7 Å². The van der Waals surface area contributed by atoms with Gasteiger partial charge < -0.3 is 15.0 Å². The van der Waals surface area contributed by atoms with Crippen LogP contribution in [0.3, 0.4) is 0 Å². The van der Waals surface area contributed by atoms with Crippen molar-refractivity contribution in [3.63, 3.8) is 0 Å². The lowest BCUT2D eigenvalue weighted by Gasteiger charge is -2.18. The number of hydrogen-bond acceptors (Lipinski definition) is 4. The van der Waals surface area contributed by atoms with Crippen molar-refractivity contribution < 1.29 is 13.9 Å². The third kappa shape index (κ3) is 4.42. The highest BCUT2D eigenvalue weighted by molar-refractivity contribution is 7.71. The first-order valence-electron chi connectivity index (χ1n) is 10.4. The van der Waals surface area contributed by atoms with Gasteiger partial charge in [0.25, 0.3) is 11.5 Å². The van der Waals surface area contributed by atoms with Gasteiger partial charge >= 0.3 is 0 Å². The molecule has 0 aliphatic carbocycles. The number of amides is 1. The number of ether oxygens (including phenoxy) is 1. The predicted molar refractivity (Wildman–Crippen MR) is 128 cm³/mol. The largest absolute Gasteiger partial charge is 0.497 e. The van der Waals surface area contributed by atoms with E-state index >= 15 is 0 Å². The van der Waals surface area contributed by atoms with Gasteiger partial charge in [-0.15, -0.1) is 0 Å². The van der Waals surface area contributed by atoms with Gasteiger partial charge in [0.1, 0.15) is 11.6 Å². The molecule has 1 aromatic heterocycles. The van der Waals surface area contributed by atoms with E-state index in [1.807, 2.05) is 31.2 Å². The zero-order valence-corrected chi connectivity index (χ0v) is 18.9. The van der Waals surface area contributed by atoms with E-state index in [0.29, 0.717) is 22.9 Å². The lowest BCUT2D eigenvalue weighted by Crippen LogP contribution is -2.28. The minimum absolute atomic E-state index is 0.0415. The molecule has 4 rings (SSSR count). The van der Waals surface area contributed by atoms with E-state index < -0.39 is 11.4 Å². The number of aromatic nitrogens is 2. The number of H-pyrrole nitrogens is 1. The van der Waals surface area contributed by atoms with Crippen LogP contribution in [0.15, 0.2) is 71.5 Å². The molecule has 1 amide bonds. The topological polar surface area (TPSA) is 76.1 Å². The summed E-state index contributed by atoms with van der Waals surface area (Å²) in [7, 11) is 1.60. The fourth-order valence-corrected chi connectivity index (χ4v) is 4.00. The number of nitrogens with zero attached hydrogens (tertiary/aromatic N) is 1. The summed E-state index contributed by atoms with van der Waals surface area (Å²) < 4.78 is 20.6. The number of aromatic amines is 1. The zero-order chi connectivity index (χ0) is 23.5. The Bertz CT molecular complexity index is 1440. The number of nitrogens with one attached hydrogen (secondary N) is 2. The summed E-state index contributed by atoms with van der Waals surface area (Å²) in [6.07, 6.45) is 0.696. The molecule has 0 saturated heterocycles. The fraction of sp³-hybridized carbons (Fsp3) is 0.160. The molecular weight excluding hydrogens is 441 g/mol. The second-order valence-corrected chi connectivity index (χ2v) is 7.88. The molecule has 0 radical (unpaired) electrons. The molecule has 6 nitrogen and oxygen atoms in total. The number of methoxy groups -OCH3 is 1. The summed E-state index contributed by atoms with van der Waals surface area (Å²) in [5.41, 5.74) is 1.35. The van der Waals surface area contributed by atoms with E-state index in [1.54, 1.807) is 31.4 Å². The first-order chi connectivity index (χ1) is 15.9. The SMILES string of the molecule is CC[C@H](NC(=O)c1ccc2c(=O)n(-c3ccccc3F)c(=S)[nH]c2c1)c1ccc(OC)cc1. The minimum Gasteiger partial charge on any atom is -0.497 e. The Morgan fingerprint density at radius 1 is 1.15 bits per heavy atom. The van der Waals surface area contributed by atoms with Gasteiger partial charge in [-0.2, -0.15) is 0 Å². The number of hydrogen-bond donors (Lipinski definition) is 2. The Hall–Kier alpha value is -3.78. The molecule has 0 aliphatic heterocycles. The standard InChI is InChI=1S/C25H22FN3O3S/c1-3-20(15-8-11-17(32-2)12-9-15)27-23(30)16-10-13-18-21(14-16)28-25(33)29(24(18)31)22-7-5-4-6-19(22)26/h4-14,20H,3H2,1-2H3,(H,27,30)(H,28,33)/t20-/m0/s1. The smallest absolute Gasteiger partial charge is 0.266 e. The number of para-hydroxylation sites is 1. The minimum atomic E-state index is -0.557. The summed E-state index contributed by atoms with van der Waals surface area (Å²) in [5, 5.41) is 3.32. The van der Waals surface area contributed by atoms with Crippen molar-refractivity contribution in [2.24, 2.45) is 0 Å². The van der Waals surface area contributed by atoms with Gasteiger partial charge in [0.15, 0.2) is 4.77 Å². The summed E-state index contributed by atoms with van der Waals surface area (Å²) in [6, 6.07) is 17.9. The number of benzene rings is 3. The van der Waals surface area contributed by atoms with Crippen LogP contribution in [0, 0.1) is 10.6 Å². The van der Waals surface area contributed by atoms with E-state index in [-0.39, 0.29) is 22.4 Å². The molecule has 0 bridgehead atoms. The molecule has 0 unspecified atom stereocenters. The van der Waals surface area contributed by atoms with Crippen molar-refractivity contribution in [1.82, 2.24) is 14.9 Å². The quantitative estimate of drug-likeness (QED) is 0.391. The van der Waals surface area contributed by atoms with Crippen LogP contribution in [-0.4, -0.2) is 22.6 Å². The highest BCUT2D eigenvalue weighted by Crippen LogP contribution is 2.21. The van der Waals surface area contributed by atoms with Crippen molar-refractivity contribution in [3.05, 3.63) is 98.8 Å². The molecule has 1 atom stereocenters. The molecule has 1 heterocycles. The molecule has 0 aliphatic rings. The molecule has 3 aromatic carbocycles. The van der Waals surface area contributed by atoms with Gasteiger partial charge in [0, 0.05) is 5.56 Å². The van der Waals surface area contributed by atoms with Crippen LogP contribution in [0.25, 0.3) is 16.6 Å². The summed E-state index contributed by atoms with van der Waals surface area (Å²) >= 11 is 5.32. The van der Waals surface area contributed by atoms with Crippen molar-refractivity contribution in [3.8, 4) is 11.4 Å². The molecule has 168 valence electrons. The van der Waals surface area contributed by atoms with Crippen molar-refractivity contribution in [2.75, 3.05) is 7.11 Å². The number of carbonyl (C=O) groups excluding carboxylic acids is 1. The molecule has 8 heteroatoms. The van der Waals surface area contributed by atoms with Crippen LogP contribution in [0.5, 0.6) is 5.75 Å². The van der Waals surface area contributed by atoms with Gasteiger partial charge in [-0.05, 0) is 66.7 Å². The van der Waals surface area contributed by atoms with Gasteiger partial charge in [-0.3, -0.25) is 9.59 Å². The molecule has 33 heavy (non-hydrogen) atoms. The van der Waals surface area contributed by atoms with Crippen molar-refractivity contribution in [2.45, 2.75) is 19.4 Å². The average molecular weight is 464 g/mol. The molecular formula is C25H22FN3O3S. The van der Waals surface area contributed by atoms with Crippen LogP contribution in [0.4, 0.5) is 4.39 Å². The number of halogens is 1. The van der Waals surface area contributed by atoms with E-state index in [9.17, 15) is 14.0 Å². The molecule has 4 aromatic rings. The van der Waals surface area contributed by atoms with Crippen molar-refractivity contribution in [1.29, 1.82) is 0 Å². The lowest BCUT2D eigenvalue weighted by molar-refractivity contribution is 0.0935. The van der Waals surface area contributed by atoms with Crippen LogP contribution in [0.2, 0.25) is 0 Å². The van der Waals surface area contributed by atoms with E-state index in [0.717, 1.165) is 15.9 Å². The fourth-order valence-electron chi connectivity index (χ4n) is 3.71. The third-order valence-electron chi connectivity index (χ3n) is 5.49. The first-order valence-corrected chi connectivity index (χ1v) is 10.8. The zero-order valence-electron chi connectivity index (χ0n) is 18.1. The van der Waals surface area contributed by atoms with Crippen LogP contribution >= 0.6 is 12.2 Å². The normalized spacial score (nSPS) is 11.8. The summed E-state index contributed by atoms with van der Waals surface area (Å²) in [6.45, 7) is 1.98.